The van der Waals surface area contributed by atoms with Crippen LogP contribution in [0.5, 0.6) is 0 Å². The first-order valence-corrected chi connectivity index (χ1v) is 8.08. The summed E-state index contributed by atoms with van der Waals surface area (Å²) in [5, 5.41) is 0. The number of piperazine rings is 1. The average molecular weight is 355 g/mol. The topological polar surface area (TPSA) is 36.0 Å². The number of ether oxygens (including phenoxy) is 1. The van der Waals surface area contributed by atoms with Crippen molar-refractivity contribution in [3.63, 3.8) is 0 Å². The minimum absolute atomic E-state index is 0.104. The summed E-state index contributed by atoms with van der Waals surface area (Å²) in [5.41, 5.74) is -0.104. The first-order chi connectivity index (χ1) is 11.2. The Kier molecular flexibility index (Phi) is 6.09. The predicted octanol–water partition coefficient (Wildman–Crippen LogP) is 1.14. The zero-order valence-electron chi connectivity index (χ0n) is 14.1. The molecule has 2 fully saturated rings. The predicted molar refractivity (Wildman–Crippen MR) is 80.4 cm³/mol. The Labute approximate surface area is 139 Å². The number of likely N-dealkylation sites (tertiary alicyclic amines) is 1. The molecular weight excluding hydrogens is 330 g/mol. The lowest BCUT2D eigenvalue weighted by Gasteiger charge is -2.52. The summed E-state index contributed by atoms with van der Waals surface area (Å²) < 4.78 is 54.3. The molecule has 0 aromatic carbocycles. The van der Waals surface area contributed by atoms with E-state index in [0.29, 0.717) is 19.6 Å². The third-order valence-corrected chi connectivity index (χ3v) is 5.11. The maximum atomic E-state index is 12.8. The summed E-state index contributed by atoms with van der Waals surface area (Å²) in [4.78, 5) is 18.3. The number of hydrogen-bond acceptors (Lipinski definition) is 4. The van der Waals surface area contributed by atoms with E-state index in [4.69, 9.17) is 0 Å². The lowest BCUT2D eigenvalue weighted by molar-refractivity contribution is -0.172. The third kappa shape index (κ3) is 4.37. The van der Waals surface area contributed by atoms with Gasteiger partial charge in [0.25, 0.3) is 0 Å². The van der Waals surface area contributed by atoms with Crippen LogP contribution in [0.3, 0.4) is 0 Å². The molecule has 140 valence electrons. The van der Waals surface area contributed by atoms with E-state index in [1.165, 1.54) is 0 Å². The molecule has 2 saturated heterocycles. The number of halogens is 4. The highest BCUT2D eigenvalue weighted by Gasteiger charge is 2.43. The van der Waals surface area contributed by atoms with E-state index >= 15 is 0 Å². The van der Waals surface area contributed by atoms with Gasteiger partial charge in [-0.25, -0.2) is 8.78 Å². The maximum absolute atomic E-state index is 12.8. The van der Waals surface area contributed by atoms with Crippen LogP contribution >= 0.6 is 0 Å². The zero-order valence-corrected chi connectivity index (χ0v) is 14.1. The number of hydrogen-bond donors (Lipinski definition) is 0. The maximum Gasteiger partial charge on any atom is 0.330 e. The second-order valence-corrected chi connectivity index (χ2v) is 6.82. The SMILES string of the molecule is CN1CCC2(CC1)CN(C(=O)COCC(F)(F)C(F)F)CCN2C. The van der Waals surface area contributed by atoms with Crippen molar-refractivity contribution in [3.05, 3.63) is 0 Å². The van der Waals surface area contributed by atoms with Crippen LogP contribution in [0, 0.1) is 0 Å². The fourth-order valence-electron chi connectivity index (χ4n) is 3.28. The molecule has 0 N–H and O–H groups in total. The van der Waals surface area contributed by atoms with Crippen LogP contribution in [0.4, 0.5) is 17.6 Å². The number of carbonyl (C=O) groups excluding carboxylic acids is 1. The molecule has 1 amide bonds. The number of alkyl halides is 4. The Morgan fingerprint density at radius 1 is 1.17 bits per heavy atom. The zero-order chi connectivity index (χ0) is 18.0. The monoisotopic (exact) mass is 355 g/mol. The molecule has 2 aliphatic rings. The third-order valence-electron chi connectivity index (χ3n) is 5.11. The molecule has 1 spiro atoms. The molecular formula is C15H25F4N3O2. The van der Waals surface area contributed by atoms with Crippen molar-refractivity contribution in [3.8, 4) is 0 Å². The van der Waals surface area contributed by atoms with Gasteiger partial charge in [0.1, 0.15) is 13.2 Å². The van der Waals surface area contributed by atoms with E-state index in [-0.39, 0.29) is 5.54 Å². The first kappa shape index (κ1) is 19.4. The van der Waals surface area contributed by atoms with Gasteiger partial charge in [-0.05, 0) is 40.0 Å². The van der Waals surface area contributed by atoms with Crippen LogP contribution in [0.2, 0.25) is 0 Å². The normalized spacial score (nSPS) is 23.2. The summed E-state index contributed by atoms with van der Waals surface area (Å²) in [6.07, 6.45) is -1.94. The Bertz CT molecular complexity index is 442. The van der Waals surface area contributed by atoms with Crippen LogP contribution in [0.25, 0.3) is 0 Å². The van der Waals surface area contributed by atoms with E-state index in [9.17, 15) is 22.4 Å². The van der Waals surface area contributed by atoms with Crippen molar-refractivity contribution < 1.29 is 27.1 Å². The van der Waals surface area contributed by atoms with Gasteiger partial charge in [0, 0.05) is 25.2 Å². The molecule has 0 aromatic heterocycles. The van der Waals surface area contributed by atoms with Crippen molar-refractivity contribution in [2.45, 2.75) is 30.7 Å². The van der Waals surface area contributed by atoms with Gasteiger partial charge in [-0.2, -0.15) is 8.78 Å². The number of likely N-dealkylation sites (N-methyl/N-ethyl adjacent to an activating group) is 1. The number of carbonyl (C=O) groups is 1. The molecule has 0 atom stereocenters. The smallest absolute Gasteiger partial charge is 0.330 e. The van der Waals surface area contributed by atoms with Crippen LogP contribution in [-0.2, 0) is 9.53 Å². The van der Waals surface area contributed by atoms with Gasteiger partial charge in [-0.15, -0.1) is 0 Å². The molecule has 2 aliphatic heterocycles. The van der Waals surface area contributed by atoms with Crippen molar-refractivity contribution in [2.75, 3.05) is 60.0 Å². The Balaban J connectivity index is 1.87. The van der Waals surface area contributed by atoms with Gasteiger partial charge in [0.2, 0.25) is 5.91 Å². The van der Waals surface area contributed by atoms with Crippen LogP contribution in [0.15, 0.2) is 0 Å². The fraction of sp³-hybridized carbons (Fsp3) is 0.933. The fourth-order valence-corrected chi connectivity index (χ4v) is 3.28. The number of amides is 1. The standard InChI is InChI=1S/C15H25F4N3O2/c1-20-5-3-14(4-6-20)10-22(8-7-21(14)2)12(23)9-24-11-15(18,19)13(16)17/h13H,3-11H2,1-2H3. The van der Waals surface area contributed by atoms with Gasteiger partial charge < -0.3 is 14.5 Å². The summed E-state index contributed by atoms with van der Waals surface area (Å²) in [6, 6.07) is 0. The second kappa shape index (κ2) is 7.53. The van der Waals surface area contributed by atoms with Gasteiger partial charge in [0.15, 0.2) is 0 Å². The van der Waals surface area contributed by atoms with Crippen LogP contribution < -0.4 is 0 Å². The lowest BCUT2D eigenvalue weighted by Crippen LogP contribution is -2.65. The number of piperidine rings is 1. The molecule has 0 unspecified atom stereocenters. The average Bonchev–Trinajstić information content (AvgIpc) is 2.52. The molecule has 24 heavy (non-hydrogen) atoms. The first-order valence-electron chi connectivity index (χ1n) is 8.08. The highest BCUT2D eigenvalue weighted by molar-refractivity contribution is 5.77. The van der Waals surface area contributed by atoms with Crippen molar-refractivity contribution in [1.82, 2.24) is 14.7 Å². The van der Waals surface area contributed by atoms with Gasteiger partial charge in [-0.1, -0.05) is 0 Å². The second-order valence-electron chi connectivity index (χ2n) is 6.82. The Hall–Kier alpha value is -0.930. The minimum atomic E-state index is -4.22. The van der Waals surface area contributed by atoms with E-state index in [0.717, 1.165) is 25.9 Å². The molecule has 2 rings (SSSR count). The van der Waals surface area contributed by atoms with Gasteiger partial charge in [-0.3, -0.25) is 9.69 Å². The highest BCUT2D eigenvalue weighted by atomic mass is 19.3. The highest BCUT2D eigenvalue weighted by Crippen LogP contribution is 2.31. The van der Waals surface area contributed by atoms with Gasteiger partial charge in [0.05, 0.1) is 0 Å². The molecule has 0 saturated carbocycles. The van der Waals surface area contributed by atoms with Crippen molar-refractivity contribution >= 4 is 5.91 Å². The van der Waals surface area contributed by atoms with E-state index < -0.39 is 31.5 Å². The molecule has 0 bridgehead atoms. The molecule has 0 aliphatic carbocycles. The van der Waals surface area contributed by atoms with Crippen molar-refractivity contribution in [1.29, 1.82) is 0 Å². The van der Waals surface area contributed by atoms with Crippen LogP contribution in [0.1, 0.15) is 12.8 Å². The van der Waals surface area contributed by atoms with E-state index in [1.807, 2.05) is 7.05 Å². The Morgan fingerprint density at radius 3 is 2.38 bits per heavy atom. The molecule has 2 heterocycles. The van der Waals surface area contributed by atoms with Crippen molar-refractivity contribution in [2.24, 2.45) is 0 Å². The lowest BCUT2D eigenvalue weighted by atomic mass is 9.84. The Morgan fingerprint density at radius 2 is 1.79 bits per heavy atom. The summed E-state index contributed by atoms with van der Waals surface area (Å²) in [6.45, 7) is 1.53. The van der Waals surface area contributed by atoms with E-state index in [1.54, 1.807) is 4.90 Å². The molecule has 9 heteroatoms. The number of nitrogens with zero attached hydrogens (tertiary/aromatic N) is 3. The minimum Gasteiger partial charge on any atom is -0.365 e. The molecule has 5 nitrogen and oxygen atoms in total. The summed E-state index contributed by atoms with van der Waals surface area (Å²) >= 11 is 0. The van der Waals surface area contributed by atoms with E-state index in [2.05, 4.69) is 21.6 Å². The summed E-state index contributed by atoms with van der Waals surface area (Å²) in [7, 11) is 4.09. The molecule has 0 aromatic rings. The van der Waals surface area contributed by atoms with Crippen LogP contribution in [-0.4, -0.2) is 98.5 Å². The molecule has 0 radical (unpaired) electrons. The van der Waals surface area contributed by atoms with Gasteiger partial charge >= 0.3 is 12.3 Å². The number of rotatable bonds is 5. The quantitative estimate of drug-likeness (QED) is 0.693. The largest absolute Gasteiger partial charge is 0.365 e. The summed E-state index contributed by atoms with van der Waals surface area (Å²) in [5.74, 6) is -4.65.